The molecule has 1 saturated carbocycles. The molecule has 0 spiro atoms. The van der Waals surface area contributed by atoms with E-state index in [1.54, 1.807) is 6.07 Å². The molecule has 2 aliphatic carbocycles. The van der Waals surface area contributed by atoms with Crippen LogP contribution < -0.4 is 0 Å². The van der Waals surface area contributed by atoms with Crippen LogP contribution in [-0.2, 0) is 18.4 Å². The zero-order chi connectivity index (χ0) is 20.4. The van der Waals surface area contributed by atoms with Gasteiger partial charge < -0.3 is 9.63 Å². The van der Waals surface area contributed by atoms with Gasteiger partial charge in [0.25, 0.3) is 5.89 Å². The second kappa shape index (κ2) is 6.13. The normalized spacial score (nSPS) is 24.1. The van der Waals surface area contributed by atoms with Crippen LogP contribution in [0.5, 0.6) is 0 Å². The summed E-state index contributed by atoms with van der Waals surface area (Å²) in [6, 6.07) is 5.56. The van der Waals surface area contributed by atoms with E-state index in [1.165, 1.54) is 18.2 Å². The van der Waals surface area contributed by atoms with Crippen LogP contribution in [0.25, 0.3) is 11.3 Å². The van der Waals surface area contributed by atoms with Crippen molar-refractivity contribution in [3.8, 4) is 11.3 Å². The Bertz CT molecular complexity index is 1090. The molecule has 1 N–H and O–H groups in total. The van der Waals surface area contributed by atoms with Crippen LogP contribution in [0, 0.1) is 17.0 Å². The minimum absolute atomic E-state index is 0.150. The maximum absolute atomic E-state index is 14.3. The van der Waals surface area contributed by atoms with E-state index in [-0.39, 0.29) is 40.5 Å². The van der Waals surface area contributed by atoms with Crippen molar-refractivity contribution < 1.29 is 18.4 Å². The first-order chi connectivity index (χ1) is 13.9. The van der Waals surface area contributed by atoms with E-state index in [0.29, 0.717) is 12.2 Å². The van der Waals surface area contributed by atoms with Gasteiger partial charge in [0.15, 0.2) is 5.82 Å². The number of halogens is 2. The fraction of sp³-hybridized carbons (Fsp3) is 0.429. The minimum Gasteiger partial charge on any atom is -0.387 e. The van der Waals surface area contributed by atoms with Gasteiger partial charge in [-0.15, -0.1) is 0 Å². The molecule has 0 saturated heterocycles. The second-order valence-corrected chi connectivity index (χ2v) is 8.46. The fourth-order valence-electron chi connectivity index (χ4n) is 5.38. The quantitative estimate of drug-likeness (QED) is 0.721. The van der Waals surface area contributed by atoms with Gasteiger partial charge in [-0.3, -0.25) is 0 Å². The molecule has 2 atom stereocenters. The number of aliphatic hydroxyl groups is 1. The molecule has 0 radical (unpaired) electrons. The van der Waals surface area contributed by atoms with Gasteiger partial charge in [-0.1, -0.05) is 25.1 Å². The smallest absolute Gasteiger partial charge is 0.252 e. The van der Waals surface area contributed by atoms with E-state index < -0.39 is 11.6 Å². The molecule has 6 nitrogen and oxygen atoms in total. The maximum atomic E-state index is 14.3. The van der Waals surface area contributed by atoms with Crippen molar-refractivity contribution in [2.45, 2.75) is 51.0 Å². The molecule has 0 aliphatic heterocycles. The highest BCUT2D eigenvalue weighted by molar-refractivity contribution is 5.63. The van der Waals surface area contributed by atoms with E-state index in [2.05, 4.69) is 34.2 Å². The molecule has 1 aromatic carbocycles. The molecule has 0 unspecified atom stereocenters. The summed E-state index contributed by atoms with van der Waals surface area (Å²) in [6.07, 6.45) is 2.34. The van der Waals surface area contributed by atoms with Crippen molar-refractivity contribution in [2.24, 2.45) is 5.41 Å². The Kier molecular flexibility index (Phi) is 3.87. The van der Waals surface area contributed by atoms with Gasteiger partial charge in [0.05, 0.1) is 17.0 Å². The first kappa shape index (κ1) is 18.3. The molecule has 3 aromatic rings. The molecule has 2 aromatic heterocycles. The molecule has 150 valence electrons. The van der Waals surface area contributed by atoms with Gasteiger partial charge >= 0.3 is 0 Å². The summed E-state index contributed by atoms with van der Waals surface area (Å²) >= 11 is 0. The minimum atomic E-state index is -0.653. The second-order valence-electron chi connectivity index (χ2n) is 8.46. The number of hydrogen-bond acceptors (Lipinski definition) is 6. The SMILES string of the molecule is CC1(C)[C@H]2CC[C@]1(Cc1noc(CO)n1)c1nnc(-c3c(F)cccc3F)cc12. The lowest BCUT2D eigenvalue weighted by molar-refractivity contribution is 0.198. The van der Waals surface area contributed by atoms with E-state index >= 15 is 0 Å². The molecule has 2 aliphatic rings. The van der Waals surface area contributed by atoms with Crippen LogP contribution in [-0.4, -0.2) is 25.4 Å². The molecule has 2 heterocycles. The maximum Gasteiger partial charge on any atom is 0.252 e. The molecule has 1 fully saturated rings. The van der Waals surface area contributed by atoms with Crippen LogP contribution in [0.3, 0.4) is 0 Å². The average Bonchev–Trinajstić information content (AvgIpc) is 3.29. The molecule has 2 bridgehead atoms. The molecular formula is C21H20F2N4O2. The summed E-state index contributed by atoms with van der Waals surface area (Å²) in [4.78, 5) is 4.26. The molecule has 0 amide bonds. The van der Waals surface area contributed by atoms with Crippen LogP contribution in [0.2, 0.25) is 0 Å². The third-order valence-corrected chi connectivity index (χ3v) is 6.94. The first-order valence-corrected chi connectivity index (χ1v) is 9.62. The van der Waals surface area contributed by atoms with Crippen molar-refractivity contribution in [2.75, 3.05) is 0 Å². The standard InChI is InChI=1S/C21H20F2N4O2/c1-20(2)12-6-7-21(20,9-16-24-17(10-28)29-27-16)19-11(12)8-15(25-26-19)18-13(22)4-3-5-14(18)23/h3-5,8,12,28H,6-7,9-10H2,1-2H3/t12-,21-/m0/s1. The Morgan fingerprint density at radius 2 is 1.97 bits per heavy atom. The zero-order valence-electron chi connectivity index (χ0n) is 16.1. The summed E-state index contributed by atoms with van der Waals surface area (Å²) in [6.45, 7) is 4.06. The van der Waals surface area contributed by atoms with E-state index in [9.17, 15) is 13.9 Å². The molecule has 29 heavy (non-hydrogen) atoms. The van der Waals surface area contributed by atoms with Crippen LogP contribution in [0.15, 0.2) is 28.8 Å². The monoisotopic (exact) mass is 398 g/mol. The lowest BCUT2D eigenvalue weighted by Crippen LogP contribution is -2.38. The molecule has 5 rings (SSSR count). The predicted octanol–water partition coefficient (Wildman–Crippen LogP) is 3.69. The van der Waals surface area contributed by atoms with Crippen LogP contribution in [0.4, 0.5) is 8.78 Å². The Morgan fingerprint density at radius 3 is 2.66 bits per heavy atom. The van der Waals surface area contributed by atoms with E-state index in [1.807, 2.05) is 0 Å². The molecule has 8 heteroatoms. The number of rotatable bonds is 4. The number of benzene rings is 1. The number of fused-ring (bicyclic) bond motifs is 5. The van der Waals surface area contributed by atoms with Crippen LogP contribution in [0.1, 0.15) is 55.6 Å². The lowest BCUT2D eigenvalue weighted by Gasteiger charge is -2.37. The Hall–Kier alpha value is -2.74. The van der Waals surface area contributed by atoms with Gasteiger partial charge in [-0.25, -0.2) is 8.78 Å². The van der Waals surface area contributed by atoms with Gasteiger partial charge in [-0.05, 0) is 47.9 Å². The van der Waals surface area contributed by atoms with Gasteiger partial charge in [0.2, 0.25) is 0 Å². The number of nitrogens with zero attached hydrogens (tertiary/aromatic N) is 4. The highest BCUT2D eigenvalue weighted by atomic mass is 19.1. The summed E-state index contributed by atoms with van der Waals surface area (Å²) in [5.41, 5.74) is 1.39. The Balaban J connectivity index is 1.62. The average molecular weight is 398 g/mol. The molecular weight excluding hydrogens is 378 g/mol. The third-order valence-electron chi connectivity index (χ3n) is 6.94. The van der Waals surface area contributed by atoms with Crippen molar-refractivity contribution >= 4 is 0 Å². The largest absolute Gasteiger partial charge is 0.387 e. The van der Waals surface area contributed by atoms with Crippen molar-refractivity contribution in [1.29, 1.82) is 0 Å². The summed E-state index contributed by atoms with van der Waals surface area (Å²) in [5.74, 6) is -0.412. The first-order valence-electron chi connectivity index (χ1n) is 9.62. The highest BCUT2D eigenvalue weighted by Crippen LogP contribution is 2.68. The summed E-state index contributed by atoms with van der Waals surface area (Å²) < 4.78 is 33.6. The van der Waals surface area contributed by atoms with E-state index in [0.717, 1.165) is 24.1 Å². The number of aliphatic hydroxyl groups excluding tert-OH is 1. The Morgan fingerprint density at radius 1 is 1.21 bits per heavy atom. The van der Waals surface area contributed by atoms with Gasteiger partial charge in [-0.2, -0.15) is 15.2 Å². The van der Waals surface area contributed by atoms with Gasteiger partial charge in [0.1, 0.15) is 18.2 Å². The Labute approximate surface area is 166 Å². The highest BCUT2D eigenvalue weighted by Gasteiger charge is 2.63. The van der Waals surface area contributed by atoms with Crippen molar-refractivity contribution in [3.63, 3.8) is 0 Å². The summed E-state index contributed by atoms with van der Waals surface area (Å²) in [7, 11) is 0. The number of hydrogen-bond donors (Lipinski definition) is 1. The summed E-state index contributed by atoms with van der Waals surface area (Å²) in [5, 5.41) is 21.9. The fourth-order valence-corrected chi connectivity index (χ4v) is 5.38. The third kappa shape index (κ3) is 2.41. The zero-order valence-corrected chi connectivity index (χ0v) is 16.1. The lowest BCUT2D eigenvalue weighted by atomic mass is 9.66. The topological polar surface area (TPSA) is 84.9 Å². The van der Waals surface area contributed by atoms with Crippen LogP contribution >= 0.6 is 0 Å². The van der Waals surface area contributed by atoms with Gasteiger partial charge in [0, 0.05) is 11.8 Å². The van der Waals surface area contributed by atoms with E-state index in [4.69, 9.17) is 4.52 Å². The number of aromatic nitrogens is 4. The van der Waals surface area contributed by atoms with Crippen molar-refractivity contribution in [3.05, 3.63) is 58.9 Å². The predicted molar refractivity (Wildman–Crippen MR) is 98.7 cm³/mol. The van der Waals surface area contributed by atoms with Crippen molar-refractivity contribution in [1.82, 2.24) is 20.3 Å².